The number of esters is 1. The number of amides is 1. The van der Waals surface area contributed by atoms with Crippen LogP contribution in [0, 0.1) is 0 Å². The van der Waals surface area contributed by atoms with Crippen molar-refractivity contribution in [2.75, 3.05) is 0 Å². The van der Waals surface area contributed by atoms with Gasteiger partial charge in [0.1, 0.15) is 12.7 Å². The Bertz CT molecular complexity index is 1100. The second kappa shape index (κ2) is 9.02. The second-order valence-corrected chi connectivity index (χ2v) is 21.5. The van der Waals surface area contributed by atoms with Crippen LogP contribution in [0.4, 0.5) is 0 Å². The highest BCUT2D eigenvalue weighted by atomic mass is 28.4. The van der Waals surface area contributed by atoms with E-state index in [-0.39, 0.29) is 36.2 Å². The van der Waals surface area contributed by atoms with Crippen molar-refractivity contribution in [1.82, 2.24) is 5.06 Å². The van der Waals surface area contributed by atoms with Gasteiger partial charge in [-0.1, -0.05) is 51.1 Å². The first kappa shape index (κ1) is 26.9. The summed E-state index contributed by atoms with van der Waals surface area (Å²) in [5.41, 5.74) is -0.0755. The number of rotatable bonds is 7. The van der Waals surface area contributed by atoms with Crippen molar-refractivity contribution < 1.29 is 32.8 Å². The molecule has 0 radical (unpaired) electrons. The highest BCUT2D eigenvalue weighted by Crippen LogP contribution is 2.51. The average molecular weight is 532 g/mol. The zero-order valence-electron chi connectivity index (χ0n) is 22.5. The molecule has 2 aliphatic heterocycles. The number of hydroxylamine groups is 2. The number of carbonyl (C=O) groups is 3. The summed E-state index contributed by atoms with van der Waals surface area (Å²) < 4.78 is 19.0. The number of Topliss-reactive ketones (excluding diaryl/α,β-unsaturated/α-hetero) is 1. The fourth-order valence-corrected chi connectivity index (χ4v) is 6.93. The maximum Gasteiger partial charge on any atom is 0.315 e. The SMILES string of the molecule is CC(C)(C)[Si](C)(C)O[C@@H]1C2=C(OC(=O)C2)C(=O)[C@]2(CC(=O)N2OCc2ccccc2)[C@@H]1O[Si](C)(C)C. The maximum absolute atomic E-state index is 14.0. The molecule has 1 saturated heterocycles. The smallest absolute Gasteiger partial charge is 0.315 e. The van der Waals surface area contributed by atoms with Crippen LogP contribution in [-0.4, -0.2) is 57.1 Å². The first-order valence-corrected chi connectivity index (χ1v) is 18.7. The van der Waals surface area contributed by atoms with Crippen LogP contribution in [0.2, 0.25) is 37.8 Å². The van der Waals surface area contributed by atoms with Gasteiger partial charge < -0.3 is 13.6 Å². The third-order valence-corrected chi connectivity index (χ3v) is 12.9. The van der Waals surface area contributed by atoms with E-state index in [1.807, 2.05) is 50.0 Å². The molecule has 0 bridgehead atoms. The van der Waals surface area contributed by atoms with Crippen LogP contribution in [0.5, 0.6) is 0 Å². The Morgan fingerprint density at radius 2 is 1.67 bits per heavy atom. The standard InChI is InChI=1S/C26H37NO7Si2/c1-25(2,3)36(7,8)33-22-18-14-20(29)32-21(18)23(30)26(24(22)34-35(4,5)6)15-19(28)27(26)31-16-17-12-10-9-11-13-17/h9-13,22,24H,14-16H2,1-8H3/t22-,24-,26-/m1/s1. The minimum Gasteiger partial charge on any atom is -0.422 e. The lowest BCUT2D eigenvalue weighted by Crippen LogP contribution is -2.78. The second-order valence-electron chi connectivity index (χ2n) is 12.3. The summed E-state index contributed by atoms with van der Waals surface area (Å²) in [4.78, 5) is 45.4. The molecule has 8 nitrogen and oxygen atoms in total. The van der Waals surface area contributed by atoms with Gasteiger partial charge in [-0.2, -0.15) is 0 Å². The molecule has 1 aliphatic carbocycles. The topological polar surface area (TPSA) is 91.4 Å². The molecule has 1 spiro atoms. The summed E-state index contributed by atoms with van der Waals surface area (Å²) in [6.45, 7) is 16.8. The minimum atomic E-state index is -2.40. The van der Waals surface area contributed by atoms with Gasteiger partial charge >= 0.3 is 5.97 Å². The van der Waals surface area contributed by atoms with Gasteiger partial charge in [0.25, 0.3) is 0 Å². The van der Waals surface area contributed by atoms with Gasteiger partial charge in [-0.25, -0.2) is 5.06 Å². The fraction of sp³-hybridized carbons (Fsp3) is 0.577. The van der Waals surface area contributed by atoms with Crippen LogP contribution in [0.15, 0.2) is 41.7 Å². The van der Waals surface area contributed by atoms with E-state index in [0.717, 1.165) is 10.6 Å². The number of hydrogen-bond donors (Lipinski definition) is 0. The Kier molecular flexibility index (Phi) is 6.75. The molecule has 0 N–H and O–H groups in total. The highest BCUT2D eigenvalue weighted by Gasteiger charge is 2.70. The predicted octanol–water partition coefficient (Wildman–Crippen LogP) is 4.48. The zero-order chi connectivity index (χ0) is 26.7. The number of β-lactam (4-membered cyclic amide) rings is 1. The van der Waals surface area contributed by atoms with Crippen molar-refractivity contribution in [1.29, 1.82) is 0 Å². The molecule has 0 saturated carbocycles. The van der Waals surface area contributed by atoms with Crippen LogP contribution >= 0.6 is 0 Å². The summed E-state index contributed by atoms with van der Waals surface area (Å²) in [6, 6.07) is 9.44. The first-order valence-electron chi connectivity index (χ1n) is 12.4. The molecule has 3 atom stereocenters. The average Bonchev–Trinajstić information content (AvgIpc) is 3.14. The van der Waals surface area contributed by atoms with Crippen LogP contribution in [0.3, 0.4) is 0 Å². The lowest BCUT2D eigenvalue weighted by Gasteiger charge is -2.57. The normalized spacial score (nSPS) is 26.9. The summed E-state index contributed by atoms with van der Waals surface area (Å²) in [5, 5.41) is 1.03. The van der Waals surface area contributed by atoms with Crippen molar-refractivity contribution in [3.8, 4) is 0 Å². The summed E-state index contributed by atoms with van der Waals surface area (Å²) in [7, 11) is -4.66. The van der Waals surface area contributed by atoms with Crippen molar-refractivity contribution in [3.63, 3.8) is 0 Å². The Balaban J connectivity index is 1.80. The van der Waals surface area contributed by atoms with E-state index in [1.54, 1.807) is 0 Å². The monoisotopic (exact) mass is 531 g/mol. The van der Waals surface area contributed by atoms with Gasteiger partial charge in [-0.15, -0.1) is 0 Å². The number of hydrogen-bond acceptors (Lipinski definition) is 7. The van der Waals surface area contributed by atoms with Gasteiger partial charge in [0.15, 0.2) is 27.9 Å². The number of benzene rings is 1. The van der Waals surface area contributed by atoms with Crippen molar-refractivity contribution >= 4 is 34.3 Å². The molecular weight excluding hydrogens is 494 g/mol. The number of ketones is 1. The number of carbonyl (C=O) groups excluding carboxylic acids is 3. The molecule has 10 heteroatoms. The predicted molar refractivity (Wildman–Crippen MR) is 138 cm³/mol. The Labute approximate surface area is 215 Å². The third-order valence-electron chi connectivity index (χ3n) is 7.45. The van der Waals surface area contributed by atoms with Gasteiger partial charge in [0.2, 0.25) is 11.7 Å². The van der Waals surface area contributed by atoms with Crippen LogP contribution in [0.1, 0.15) is 39.2 Å². The van der Waals surface area contributed by atoms with Crippen LogP contribution in [0.25, 0.3) is 0 Å². The van der Waals surface area contributed by atoms with E-state index >= 15 is 0 Å². The Morgan fingerprint density at radius 1 is 1.03 bits per heavy atom. The van der Waals surface area contributed by atoms with E-state index in [0.29, 0.717) is 5.57 Å². The summed E-state index contributed by atoms with van der Waals surface area (Å²) in [6.07, 6.45) is -1.64. The van der Waals surface area contributed by atoms with Crippen molar-refractivity contribution in [2.45, 2.75) is 95.7 Å². The Morgan fingerprint density at radius 3 is 2.22 bits per heavy atom. The molecular formula is C26H37NO7Si2. The third kappa shape index (κ3) is 4.65. The van der Waals surface area contributed by atoms with Crippen molar-refractivity contribution in [2.24, 2.45) is 0 Å². The van der Waals surface area contributed by atoms with Gasteiger partial charge in [-0.05, 0) is 43.3 Å². The van der Waals surface area contributed by atoms with Gasteiger partial charge in [0.05, 0.1) is 18.9 Å². The molecule has 4 rings (SSSR count). The fourth-order valence-electron chi connectivity index (χ4n) is 4.59. The molecule has 1 aromatic carbocycles. The first-order chi connectivity index (χ1) is 16.6. The maximum atomic E-state index is 14.0. The van der Waals surface area contributed by atoms with E-state index < -0.39 is 46.1 Å². The van der Waals surface area contributed by atoms with E-state index in [4.69, 9.17) is 18.4 Å². The van der Waals surface area contributed by atoms with Crippen molar-refractivity contribution in [3.05, 3.63) is 47.2 Å². The molecule has 0 aromatic heterocycles. The quantitative estimate of drug-likeness (QED) is 0.291. The number of nitrogens with zero attached hydrogens (tertiary/aromatic N) is 1. The molecule has 196 valence electrons. The zero-order valence-corrected chi connectivity index (χ0v) is 24.5. The molecule has 1 fully saturated rings. The summed E-state index contributed by atoms with van der Waals surface area (Å²) in [5.74, 6) is -1.28. The van der Waals surface area contributed by atoms with E-state index in [9.17, 15) is 14.4 Å². The minimum absolute atomic E-state index is 0.0139. The highest BCUT2D eigenvalue weighted by molar-refractivity contribution is 6.74. The lowest BCUT2D eigenvalue weighted by molar-refractivity contribution is -0.277. The molecule has 3 aliphatic rings. The molecule has 0 unspecified atom stereocenters. The largest absolute Gasteiger partial charge is 0.422 e. The molecule has 1 amide bonds. The molecule has 36 heavy (non-hydrogen) atoms. The lowest BCUT2D eigenvalue weighted by atomic mass is 9.69. The van der Waals surface area contributed by atoms with Crippen LogP contribution < -0.4 is 0 Å². The van der Waals surface area contributed by atoms with Crippen LogP contribution in [-0.2, 0) is 39.4 Å². The van der Waals surface area contributed by atoms with Gasteiger partial charge in [-0.3, -0.25) is 19.2 Å². The summed E-state index contributed by atoms with van der Waals surface area (Å²) >= 11 is 0. The molecule has 1 aromatic rings. The molecule has 2 heterocycles. The Hall–Kier alpha value is -2.12. The van der Waals surface area contributed by atoms with Gasteiger partial charge in [0, 0.05) is 5.57 Å². The number of ether oxygens (including phenoxy) is 1. The van der Waals surface area contributed by atoms with E-state index in [2.05, 4.69) is 33.9 Å². The van der Waals surface area contributed by atoms with E-state index in [1.165, 1.54) is 0 Å².